The van der Waals surface area contributed by atoms with Gasteiger partial charge in [-0.15, -0.1) is 0 Å². The largest absolute Gasteiger partial charge is 0.484 e. The van der Waals surface area contributed by atoms with E-state index < -0.39 is 11.7 Å². The minimum Gasteiger partial charge on any atom is -0.484 e. The summed E-state index contributed by atoms with van der Waals surface area (Å²) in [5.41, 5.74) is 5.14. The van der Waals surface area contributed by atoms with Crippen LogP contribution < -0.4 is 10.5 Å². The van der Waals surface area contributed by atoms with Gasteiger partial charge < -0.3 is 15.4 Å². The summed E-state index contributed by atoms with van der Waals surface area (Å²) >= 11 is 0. The van der Waals surface area contributed by atoms with Crippen molar-refractivity contribution in [2.24, 2.45) is 11.7 Å². The van der Waals surface area contributed by atoms with Crippen LogP contribution in [0.4, 0.5) is 13.2 Å². The van der Waals surface area contributed by atoms with E-state index in [-0.39, 0.29) is 30.2 Å². The molecule has 1 aliphatic heterocycles. The van der Waals surface area contributed by atoms with E-state index in [1.54, 1.807) is 4.90 Å². The number of benzene rings is 1. The highest BCUT2D eigenvalue weighted by molar-refractivity contribution is 5.77. The highest BCUT2D eigenvalue weighted by Crippen LogP contribution is 2.30. The molecule has 1 aromatic carbocycles. The van der Waals surface area contributed by atoms with Crippen molar-refractivity contribution in [3.8, 4) is 5.75 Å². The van der Waals surface area contributed by atoms with Crippen LogP contribution in [0.1, 0.15) is 25.3 Å². The number of carbonyl (C=O) groups excluding carboxylic acids is 1. The van der Waals surface area contributed by atoms with E-state index >= 15 is 0 Å². The van der Waals surface area contributed by atoms with Crippen LogP contribution in [0, 0.1) is 5.92 Å². The molecule has 1 fully saturated rings. The number of ether oxygens (including phenoxy) is 1. The SMILES string of the molecule is C[C@@H](N)[C@@H]1CCCN(C(=O)COc2ccc(C(F)(F)F)cc2)C1. The second-order valence-electron chi connectivity index (χ2n) is 5.91. The van der Waals surface area contributed by atoms with Gasteiger partial charge in [0.15, 0.2) is 6.61 Å². The van der Waals surface area contributed by atoms with Crippen molar-refractivity contribution >= 4 is 5.91 Å². The highest BCUT2D eigenvalue weighted by Gasteiger charge is 2.30. The van der Waals surface area contributed by atoms with Gasteiger partial charge >= 0.3 is 6.18 Å². The summed E-state index contributed by atoms with van der Waals surface area (Å²) in [6, 6.07) is 4.34. The maximum Gasteiger partial charge on any atom is 0.416 e. The molecule has 2 N–H and O–H groups in total. The number of halogens is 3. The Morgan fingerprint density at radius 1 is 1.39 bits per heavy atom. The molecule has 0 bridgehead atoms. The van der Waals surface area contributed by atoms with Crippen LogP contribution >= 0.6 is 0 Å². The lowest BCUT2D eigenvalue weighted by atomic mass is 9.92. The van der Waals surface area contributed by atoms with Gasteiger partial charge in [0.2, 0.25) is 0 Å². The number of amides is 1. The van der Waals surface area contributed by atoms with Crippen LogP contribution in [0.2, 0.25) is 0 Å². The number of piperidine rings is 1. The van der Waals surface area contributed by atoms with Crippen molar-refractivity contribution in [1.82, 2.24) is 4.90 Å². The Hall–Kier alpha value is -1.76. The minimum absolute atomic E-state index is 0.0291. The number of alkyl halides is 3. The molecular formula is C16H21F3N2O2. The fourth-order valence-corrected chi connectivity index (χ4v) is 2.64. The van der Waals surface area contributed by atoms with Gasteiger partial charge in [-0.3, -0.25) is 4.79 Å². The summed E-state index contributed by atoms with van der Waals surface area (Å²) in [5, 5.41) is 0. The molecule has 23 heavy (non-hydrogen) atoms. The monoisotopic (exact) mass is 330 g/mol. The quantitative estimate of drug-likeness (QED) is 0.923. The van der Waals surface area contributed by atoms with Crippen LogP contribution in [0.15, 0.2) is 24.3 Å². The number of hydrogen-bond acceptors (Lipinski definition) is 3. The third-order valence-electron chi connectivity index (χ3n) is 4.10. The van der Waals surface area contributed by atoms with Crippen LogP contribution in [0.5, 0.6) is 5.75 Å². The number of nitrogens with zero attached hydrogens (tertiary/aromatic N) is 1. The zero-order valence-corrected chi connectivity index (χ0v) is 13.0. The summed E-state index contributed by atoms with van der Waals surface area (Å²) < 4.78 is 42.7. The van der Waals surface area contributed by atoms with E-state index in [0.29, 0.717) is 13.1 Å². The predicted molar refractivity (Wildman–Crippen MR) is 79.9 cm³/mol. The van der Waals surface area contributed by atoms with Crippen molar-refractivity contribution in [3.05, 3.63) is 29.8 Å². The first-order valence-electron chi connectivity index (χ1n) is 7.61. The molecule has 2 atom stereocenters. The first-order chi connectivity index (χ1) is 10.8. The van der Waals surface area contributed by atoms with Crippen molar-refractivity contribution < 1.29 is 22.7 Å². The van der Waals surface area contributed by atoms with Gasteiger partial charge in [0.1, 0.15) is 5.75 Å². The summed E-state index contributed by atoms with van der Waals surface area (Å²) in [5.74, 6) is 0.348. The molecular weight excluding hydrogens is 309 g/mol. The first kappa shape index (κ1) is 17.6. The molecule has 1 aromatic rings. The molecule has 1 aliphatic rings. The van der Waals surface area contributed by atoms with E-state index in [2.05, 4.69) is 0 Å². The molecule has 0 aromatic heterocycles. The molecule has 0 spiro atoms. The third-order valence-corrected chi connectivity index (χ3v) is 4.10. The molecule has 0 saturated carbocycles. The second kappa shape index (κ2) is 7.21. The molecule has 128 valence electrons. The molecule has 1 amide bonds. The number of rotatable bonds is 4. The van der Waals surface area contributed by atoms with E-state index in [4.69, 9.17) is 10.5 Å². The summed E-state index contributed by atoms with van der Waals surface area (Å²) in [6.45, 7) is 3.01. The smallest absolute Gasteiger partial charge is 0.416 e. The van der Waals surface area contributed by atoms with Crippen molar-refractivity contribution in [2.45, 2.75) is 32.0 Å². The van der Waals surface area contributed by atoms with Gasteiger partial charge in [0.05, 0.1) is 5.56 Å². The van der Waals surface area contributed by atoms with Gasteiger partial charge in [-0.25, -0.2) is 0 Å². The predicted octanol–water partition coefficient (Wildman–Crippen LogP) is 2.67. The second-order valence-corrected chi connectivity index (χ2v) is 5.91. The van der Waals surface area contributed by atoms with Gasteiger partial charge in [0, 0.05) is 19.1 Å². The molecule has 2 rings (SSSR count). The Kier molecular flexibility index (Phi) is 5.51. The molecule has 1 heterocycles. The average Bonchev–Trinajstić information content (AvgIpc) is 2.52. The lowest BCUT2D eigenvalue weighted by molar-refractivity contribution is -0.138. The van der Waals surface area contributed by atoms with Crippen molar-refractivity contribution in [1.29, 1.82) is 0 Å². The highest BCUT2D eigenvalue weighted by atomic mass is 19.4. The normalized spacial score (nSPS) is 20.2. The molecule has 1 saturated heterocycles. The number of hydrogen-bond donors (Lipinski definition) is 1. The summed E-state index contributed by atoms with van der Waals surface area (Å²) in [7, 11) is 0. The standard InChI is InChI=1S/C16H21F3N2O2/c1-11(20)12-3-2-8-21(9-12)15(22)10-23-14-6-4-13(5-7-14)16(17,18)19/h4-7,11-12H,2-3,8-10,20H2,1H3/t11-,12-/m1/s1. The molecule has 0 aliphatic carbocycles. The number of carbonyl (C=O) groups is 1. The van der Waals surface area contributed by atoms with E-state index in [9.17, 15) is 18.0 Å². The third kappa shape index (κ3) is 4.86. The van der Waals surface area contributed by atoms with Crippen LogP contribution in [0.3, 0.4) is 0 Å². The molecule has 0 radical (unpaired) electrons. The maximum atomic E-state index is 12.5. The van der Waals surface area contributed by atoms with Crippen LogP contribution in [-0.4, -0.2) is 36.5 Å². The minimum atomic E-state index is -4.38. The summed E-state index contributed by atoms with van der Waals surface area (Å²) in [6.07, 6.45) is -2.48. The van der Waals surface area contributed by atoms with Crippen molar-refractivity contribution in [2.75, 3.05) is 19.7 Å². The number of likely N-dealkylation sites (tertiary alicyclic amines) is 1. The van der Waals surface area contributed by atoms with E-state index in [1.165, 1.54) is 12.1 Å². The zero-order valence-electron chi connectivity index (χ0n) is 13.0. The lowest BCUT2D eigenvalue weighted by Gasteiger charge is -2.34. The van der Waals surface area contributed by atoms with E-state index in [0.717, 1.165) is 25.0 Å². The summed E-state index contributed by atoms with van der Waals surface area (Å²) in [4.78, 5) is 13.9. The molecule has 7 heteroatoms. The fraction of sp³-hybridized carbons (Fsp3) is 0.562. The fourth-order valence-electron chi connectivity index (χ4n) is 2.64. The Balaban J connectivity index is 1.86. The van der Waals surface area contributed by atoms with Gasteiger partial charge in [-0.1, -0.05) is 0 Å². The topological polar surface area (TPSA) is 55.6 Å². The average molecular weight is 330 g/mol. The van der Waals surface area contributed by atoms with Gasteiger partial charge in [0.25, 0.3) is 5.91 Å². The Morgan fingerprint density at radius 2 is 2.04 bits per heavy atom. The van der Waals surface area contributed by atoms with E-state index in [1.807, 2.05) is 6.92 Å². The van der Waals surface area contributed by atoms with Gasteiger partial charge in [-0.05, 0) is 49.9 Å². The maximum absolute atomic E-state index is 12.5. The first-order valence-corrected chi connectivity index (χ1v) is 7.61. The van der Waals surface area contributed by atoms with Gasteiger partial charge in [-0.2, -0.15) is 13.2 Å². The Bertz CT molecular complexity index is 529. The Morgan fingerprint density at radius 3 is 2.61 bits per heavy atom. The van der Waals surface area contributed by atoms with Crippen LogP contribution in [0.25, 0.3) is 0 Å². The number of nitrogens with two attached hydrogens (primary N) is 1. The molecule has 0 unspecified atom stereocenters. The van der Waals surface area contributed by atoms with Crippen molar-refractivity contribution in [3.63, 3.8) is 0 Å². The zero-order chi connectivity index (χ0) is 17.0. The Labute approximate surface area is 133 Å². The lowest BCUT2D eigenvalue weighted by Crippen LogP contribution is -2.46. The molecule has 4 nitrogen and oxygen atoms in total. The van der Waals surface area contributed by atoms with Crippen LogP contribution in [-0.2, 0) is 11.0 Å².